The highest BCUT2D eigenvalue weighted by Crippen LogP contribution is 2.52. The molecule has 0 aliphatic heterocycles. The van der Waals surface area contributed by atoms with Gasteiger partial charge in [-0.25, -0.2) is 9.97 Å². The summed E-state index contributed by atoms with van der Waals surface area (Å²) in [6, 6.07) is 0. The van der Waals surface area contributed by atoms with E-state index in [1.54, 1.807) is 0 Å². The van der Waals surface area contributed by atoms with E-state index in [1.807, 2.05) is 6.92 Å². The van der Waals surface area contributed by atoms with Crippen LogP contribution in [0, 0.1) is 17.0 Å². The Kier molecular flexibility index (Phi) is 2.01. The fraction of sp³-hybridized carbons (Fsp3) is 0.455. The van der Waals surface area contributed by atoms with Gasteiger partial charge in [-0.15, -0.1) is 0 Å². The number of thiazole rings is 1. The second-order valence-corrected chi connectivity index (χ2v) is 5.90. The molecule has 0 atom stereocenters. The van der Waals surface area contributed by atoms with Gasteiger partial charge in [-0.1, -0.05) is 18.3 Å². The molecule has 0 unspecified atom stereocenters. The molecule has 0 saturated heterocycles. The van der Waals surface area contributed by atoms with Crippen molar-refractivity contribution < 1.29 is 4.92 Å². The number of nitrogens with zero attached hydrogens (tertiary/aromatic N) is 3. The van der Waals surface area contributed by atoms with Crippen molar-refractivity contribution in [2.24, 2.45) is 0 Å². The Morgan fingerprint density at radius 1 is 1.53 bits per heavy atom. The number of hydrogen-bond acceptors (Lipinski definition) is 5. The number of nitro groups is 1. The maximum absolute atomic E-state index is 11.1. The van der Waals surface area contributed by atoms with Crippen molar-refractivity contribution in [2.75, 3.05) is 0 Å². The molecule has 5 nitrogen and oxygen atoms in total. The summed E-state index contributed by atoms with van der Waals surface area (Å²) in [6.07, 6.45) is 3.35. The van der Waals surface area contributed by atoms with Crippen molar-refractivity contribution in [3.63, 3.8) is 0 Å². The van der Waals surface area contributed by atoms with E-state index in [-0.39, 0.29) is 16.0 Å². The maximum atomic E-state index is 11.1. The van der Waals surface area contributed by atoms with Crippen molar-refractivity contribution in [3.05, 3.63) is 26.9 Å². The zero-order chi connectivity index (χ0) is 12.2. The van der Waals surface area contributed by atoms with Gasteiger partial charge in [0, 0.05) is 5.41 Å². The molecular formula is C11H11N3O2S. The molecule has 1 fully saturated rings. The first-order valence-electron chi connectivity index (χ1n) is 5.42. The van der Waals surface area contributed by atoms with Gasteiger partial charge in [-0.05, 0) is 19.8 Å². The molecule has 88 valence electrons. The van der Waals surface area contributed by atoms with E-state index in [2.05, 4.69) is 16.9 Å². The van der Waals surface area contributed by atoms with E-state index in [0.29, 0.717) is 0 Å². The van der Waals surface area contributed by atoms with Crippen molar-refractivity contribution in [3.8, 4) is 0 Å². The van der Waals surface area contributed by atoms with Crippen LogP contribution in [0.5, 0.6) is 0 Å². The van der Waals surface area contributed by atoms with Gasteiger partial charge in [0.2, 0.25) is 0 Å². The molecule has 0 amide bonds. The normalized spacial score (nSPS) is 17.3. The van der Waals surface area contributed by atoms with Gasteiger partial charge >= 0.3 is 0 Å². The fourth-order valence-corrected chi connectivity index (χ4v) is 2.91. The van der Waals surface area contributed by atoms with E-state index in [0.717, 1.165) is 33.8 Å². The van der Waals surface area contributed by atoms with E-state index in [1.165, 1.54) is 17.5 Å². The first-order chi connectivity index (χ1) is 8.01. The van der Waals surface area contributed by atoms with Gasteiger partial charge < -0.3 is 0 Å². The summed E-state index contributed by atoms with van der Waals surface area (Å²) in [4.78, 5) is 20.1. The number of pyridine rings is 1. The van der Waals surface area contributed by atoms with Gasteiger partial charge in [0.15, 0.2) is 0 Å². The largest absolute Gasteiger partial charge is 0.293 e. The summed E-state index contributed by atoms with van der Waals surface area (Å²) in [5.41, 5.74) is 1.53. The van der Waals surface area contributed by atoms with Crippen molar-refractivity contribution >= 4 is 27.4 Å². The van der Waals surface area contributed by atoms with Crippen molar-refractivity contribution in [1.29, 1.82) is 0 Å². The maximum Gasteiger partial charge on any atom is 0.293 e. The predicted octanol–water partition coefficient (Wildman–Crippen LogP) is 2.96. The number of rotatable bonds is 2. The number of fused-ring (bicyclic) bond motifs is 1. The lowest BCUT2D eigenvalue weighted by atomic mass is 9.97. The van der Waals surface area contributed by atoms with Crippen LogP contribution in [0.25, 0.3) is 10.3 Å². The standard InChI is InChI=1S/C11H11N3O2S/c1-6-13-9-8(11(2)3-4-11)7(14(15)16)5-12-10(9)17-6/h5H,3-4H2,1-2H3. The van der Waals surface area contributed by atoms with Gasteiger partial charge in [-0.3, -0.25) is 10.1 Å². The van der Waals surface area contributed by atoms with Gasteiger partial charge in [-0.2, -0.15) is 0 Å². The Morgan fingerprint density at radius 3 is 2.82 bits per heavy atom. The van der Waals surface area contributed by atoms with Crippen LogP contribution in [0.2, 0.25) is 0 Å². The topological polar surface area (TPSA) is 68.9 Å². The van der Waals surface area contributed by atoms with Crippen LogP contribution >= 0.6 is 11.3 Å². The van der Waals surface area contributed by atoms with Crippen LogP contribution in [0.3, 0.4) is 0 Å². The second-order valence-electron chi connectivity index (χ2n) is 4.72. The molecule has 1 aliphatic carbocycles. The minimum Gasteiger partial charge on any atom is -0.258 e. The summed E-state index contributed by atoms with van der Waals surface area (Å²) in [6.45, 7) is 3.96. The van der Waals surface area contributed by atoms with Crippen LogP contribution in [0.15, 0.2) is 6.20 Å². The minimum absolute atomic E-state index is 0.0793. The highest BCUT2D eigenvalue weighted by molar-refractivity contribution is 7.18. The summed E-state index contributed by atoms with van der Waals surface area (Å²) in [5.74, 6) is 0. The molecule has 6 heteroatoms. The van der Waals surface area contributed by atoms with Crippen LogP contribution in [0.4, 0.5) is 5.69 Å². The highest BCUT2D eigenvalue weighted by Gasteiger charge is 2.45. The van der Waals surface area contributed by atoms with E-state index in [9.17, 15) is 10.1 Å². The lowest BCUT2D eigenvalue weighted by molar-refractivity contribution is -0.386. The third kappa shape index (κ3) is 1.51. The average molecular weight is 249 g/mol. The van der Waals surface area contributed by atoms with Crippen LogP contribution in [-0.4, -0.2) is 14.9 Å². The zero-order valence-corrected chi connectivity index (χ0v) is 10.4. The zero-order valence-electron chi connectivity index (χ0n) is 9.56. The lowest BCUT2D eigenvalue weighted by Gasteiger charge is -2.09. The van der Waals surface area contributed by atoms with Crippen molar-refractivity contribution in [1.82, 2.24) is 9.97 Å². The van der Waals surface area contributed by atoms with E-state index in [4.69, 9.17) is 0 Å². The monoisotopic (exact) mass is 249 g/mol. The van der Waals surface area contributed by atoms with Crippen LogP contribution < -0.4 is 0 Å². The Balaban J connectivity index is 2.38. The third-order valence-corrected chi connectivity index (χ3v) is 4.19. The van der Waals surface area contributed by atoms with Gasteiger partial charge in [0.1, 0.15) is 16.5 Å². The molecule has 0 N–H and O–H groups in total. The number of aryl methyl sites for hydroxylation is 1. The minimum atomic E-state index is -0.347. The Hall–Kier alpha value is -1.56. The molecule has 1 aliphatic rings. The molecule has 0 bridgehead atoms. The molecule has 2 aromatic heterocycles. The number of aromatic nitrogens is 2. The summed E-state index contributed by atoms with van der Waals surface area (Å²) < 4.78 is 0. The molecule has 1 saturated carbocycles. The molecule has 17 heavy (non-hydrogen) atoms. The first kappa shape index (κ1) is 10.6. The van der Waals surface area contributed by atoms with Gasteiger partial charge in [0.25, 0.3) is 5.69 Å². The Morgan fingerprint density at radius 2 is 2.24 bits per heavy atom. The quantitative estimate of drug-likeness (QED) is 0.606. The Labute approximate surface area is 102 Å². The molecule has 0 radical (unpaired) electrons. The van der Waals surface area contributed by atoms with Crippen LogP contribution in [-0.2, 0) is 5.41 Å². The second kappa shape index (κ2) is 3.22. The molecule has 3 rings (SSSR count). The smallest absolute Gasteiger partial charge is 0.258 e. The number of hydrogen-bond donors (Lipinski definition) is 0. The molecule has 2 aromatic rings. The lowest BCUT2D eigenvalue weighted by Crippen LogP contribution is -2.06. The molecule has 0 spiro atoms. The third-order valence-electron chi connectivity index (χ3n) is 3.31. The highest BCUT2D eigenvalue weighted by atomic mass is 32.1. The molecule has 2 heterocycles. The van der Waals surface area contributed by atoms with E-state index >= 15 is 0 Å². The summed E-state index contributed by atoms with van der Waals surface area (Å²) in [7, 11) is 0. The fourth-order valence-electron chi connectivity index (χ4n) is 2.14. The summed E-state index contributed by atoms with van der Waals surface area (Å²) >= 11 is 1.49. The molecular weight excluding hydrogens is 238 g/mol. The SMILES string of the molecule is Cc1nc2c(C3(C)CC3)c([N+](=O)[O-])cnc2s1. The first-order valence-corrected chi connectivity index (χ1v) is 6.24. The van der Waals surface area contributed by atoms with Gasteiger partial charge in [0.05, 0.1) is 15.5 Å². The summed E-state index contributed by atoms with van der Waals surface area (Å²) in [5, 5.41) is 12.0. The predicted molar refractivity (Wildman–Crippen MR) is 65.4 cm³/mol. The average Bonchev–Trinajstić information content (AvgIpc) is 2.88. The van der Waals surface area contributed by atoms with Crippen molar-refractivity contribution in [2.45, 2.75) is 32.1 Å². The molecule has 0 aromatic carbocycles. The Bertz CT molecular complexity index is 631. The van der Waals surface area contributed by atoms with Crippen LogP contribution in [0.1, 0.15) is 30.3 Å². The van der Waals surface area contributed by atoms with E-state index < -0.39 is 0 Å².